The van der Waals surface area contributed by atoms with E-state index in [9.17, 15) is 18.0 Å². The van der Waals surface area contributed by atoms with Crippen LogP contribution in [0.1, 0.15) is 25.0 Å². The highest BCUT2D eigenvalue weighted by Crippen LogP contribution is 2.31. The summed E-state index contributed by atoms with van der Waals surface area (Å²) in [5.74, 6) is 0.428. The maximum atomic E-state index is 12.5. The minimum absolute atomic E-state index is 0.00372. The van der Waals surface area contributed by atoms with Crippen LogP contribution in [0.25, 0.3) is 6.08 Å². The van der Waals surface area contributed by atoms with Crippen molar-refractivity contribution in [2.45, 2.75) is 25.3 Å². The van der Waals surface area contributed by atoms with Crippen LogP contribution in [-0.2, 0) is 19.4 Å². The highest BCUT2D eigenvalue weighted by molar-refractivity contribution is 8.26. The summed E-state index contributed by atoms with van der Waals surface area (Å²) in [7, 11) is -3.02. The molecule has 2 saturated heterocycles. The van der Waals surface area contributed by atoms with Gasteiger partial charge < -0.3 is 9.73 Å². The number of furan rings is 1. The zero-order chi connectivity index (χ0) is 20.1. The molecule has 28 heavy (non-hydrogen) atoms. The van der Waals surface area contributed by atoms with Crippen molar-refractivity contribution in [1.82, 2.24) is 10.2 Å². The first-order valence-electron chi connectivity index (χ1n) is 8.79. The van der Waals surface area contributed by atoms with Crippen molar-refractivity contribution in [3.05, 3.63) is 41.2 Å². The van der Waals surface area contributed by atoms with E-state index in [1.54, 1.807) is 30.6 Å². The number of hydrogen-bond acceptors (Lipinski definition) is 7. The van der Waals surface area contributed by atoms with Gasteiger partial charge in [-0.3, -0.25) is 14.5 Å². The van der Waals surface area contributed by atoms with Crippen molar-refractivity contribution in [2.24, 2.45) is 0 Å². The third-order valence-electron chi connectivity index (χ3n) is 4.31. The molecule has 0 saturated carbocycles. The number of thiocarbonyl (C=S) groups is 1. The van der Waals surface area contributed by atoms with E-state index < -0.39 is 9.84 Å². The number of nitrogens with one attached hydrogen (secondary N) is 1. The van der Waals surface area contributed by atoms with Gasteiger partial charge in [0.05, 0.1) is 22.7 Å². The molecule has 0 spiro atoms. The number of allylic oxidation sites excluding steroid dienone is 2. The van der Waals surface area contributed by atoms with E-state index in [4.69, 9.17) is 16.6 Å². The maximum absolute atomic E-state index is 12.5. The minimum atomic E-state index is -3.02. The molecule has 1 unspecified atom stereocenters. The number of sulfone groups is 1. The van der Waals surface area contributed by atoms with E-state index in [1.807, 2.05) is 6.07 Å². The predicted octanol–water partition coefficient (Wildman–Crippen LogP) is 2.12. The molecule has 1 aromatic rings. The Labute approximate surface area is 173 Å². The first kappa shape index (κ1) is 20.8. The molecule has 0 aliphatic carbocycles. The summed E-state index contributed by atoms with van der Waals surface area (Å²) < 4.78 is 28.5. The van der Waals surface area contributed by atoms with Crippen molar-refractivity contribution >= 4 is 56.0 Å². The predicted molar refractivity (Wildman–Crippen MR) is 112 cm³/mol. The fourth-order valence-electron chi connectivity index (χ4n) is 2.93. The second-order valence-electron chi connectivity index (χ2n) is 6.50. The smallest absolute Gasteiger partial charge is 0.266 e. The number of carbonyl (C=O) groups excluding carboxylic acids is 2. The molecule has 1 aromatic heterocycles. The Morgan fingerprint density at radius 1 is 1.46 bits per heavy atom. The van der Waals surface area contributed by atoms with Crippen LogP contribution in [0.4, 0.5) is 0 Å². The summed E-state index contributed by atoms with van der Waals surface area (Å²) in [4.78, 5) is 26.5. The molecule has 3 heterocycles. The van der Waals surface area contributed by atoms with Crippen molar-refractivity contribution < 1.29 is 22.4 Å². The molecule has 3 rings (SSSR count). The minimum Gasteiger partial charge on any atom is -0.465 e. The fourth-order valence-corrected chi connectivity index (χ4v) is 5.86. The Hall–Kier alpha value is -1.91. The third kappa shape index (κ3) is 5.55. The Morgan fingerprint density at radius 3 is 2.96 bits per heavy atom. The van der Waals surface area contributed by atoms with Gasteiger partial charge >= 0.3 is 0 Å². The highest BCUT2D eigenvalue weighted by atomic mass is 32.2. The quantitative estimate of drug-likeness (QED) is 0.512. The monoisotopic (exact) mass is 440 g/mol. The second kappa shape index (κ2) is 9.06. The zero-order valence-corrected chi connectivity index (χ0v) is 17.4. The molecule has 2 aliphatic rings. The molecule has 0 bridgehead atoms. The SMILES string of the molecule is O=C(CCCN1C(=O)C(=CC=Cc2ccco2)SC1=S)NC1CCS(=O)(=O)C1. The first-order chi connectivity index (χ1) is 13.3. The lowest BCUT2D eigenvalue weighted by atomic mass is 10.2. The van der Waals surface area contributed by atoms with Gasteiger partial charge in [0.25, 0.3) is 5.91 Å². The molecule has 2 fully saturated rings. The van der Waals surface area contributed by atoms with E-state index in [1.165, 1.54) is 16.7 Å². The van der Waals surface area contributed by atoms with E-state index in [-0.39, 0.29) is 35.8 Å². The van der Waals surface area contributed by atoms with Crippen LogP contribution < -0.4 is 5.32 Å². The normalized spacial score (nSPS) is 23.2. The van der Waals surface area contributed by atoms with E-state index in [2.05, 4.69) is 5.32 Å². The second-order valence-corrected chi connectivity index (χ2v) is 10.4. The number of carbonyl (C=O) groups is 2. The van der Waals surface area contributed by atoms with Crippen molar-refractivity contribution in [3.8, 4) is 0 Å². The Morgan fingerprint density at radius 2 is 2.29 bits per heavy atom. The lowest BCUT2D eigenvalue weighted by Gasteiger charge is -2.15. The molecular formula is C18H20N2O5S3. The van der Waals surface area contributed by atoms with Gasteiger partial charge in [0.1, 0.15) is 10.1 Å². The molecule has 2 amide bonds. The maximum Gasteiger partial charge on any atom is 0.266 e. The van der Waals surface area contributed by atoms with E-state index in [0.29, 0.717) is 34.4 Å². The highest BCUT2D eigenvalue weighted by Gasteiger charge is 2.32. The zero-order valence-electron chi connectivity index (χ0n) is 15.0. The van der Waals surface area contributed by atoms with Gasteiger partial charge in [-0.15, -0.1) is 0 Å². The molecule has 0 aromatic carbocycles. The van der Waals surface area contributed by atoms with Gasteiger partial charge in [-0.25, -0.2) is 8.42 Å². The molecule has 7 nitrogen and oxygen atoms in total. The summed E-state index contributed by atoms with van der Waals surface area (Å²) >= 11 is 6.49. The lowest BCUT2D eigenvalue weighted by molar-refractivity contribution is -0.124. The molecule has 0 radical (unpaired) electrons. The summed E-state index contributed by atoms with van der Waals surface area (Å²) in [6.07, 6.45) is 7.86. The Bertz CT molecular complexity index is 919. The summed E-state index contributed by atoms with van der Waals surface area (Å²) in [6.45, 7) is 0.348. The van der Waals surface area contributed by atoms with Crippen molar-refractivity contribution in [3.63, 3.8) is 0 Å². The first-order valence-corrected chi connectivity index (χ1v) is 11.8. The molecule has 1 N–H and O–H groups in total. The number of thioether (sulfide) groups is 1. The standard InChI is InChI=1S/C18H20N2O5S3/c21-16(19-13-8-11-28(23,24)12-13)7-2-9-20-17(22)15(27-18(20)26)6-1-4-14-5-3-10-25-14/h1,3-6,10,13H,2,7-9,11-12H2,(H,19,21). The van der Waals surface area contributed by atoms with Gasteiger partial charge in [-0.2, -0.15) is 0 Å². The summed E-state index contributed by atoms with van der Waals surface area (Å²) in [5.41, 5.74) is 0. The molecule has 10 heteroatoms. The topological polar surface area (TPSA) is 96.7 Å². The van der Waals surface area contributed by atoms with Crippen LogP contribution in [-0.4, -0.2) is 53.5 Å². The van der Waals surface area contributed by atoms with Crippen LogP contribution >= 0.6 is 24.0 Å². The van der Waals surface area contributed by atoms with Gasteiger partial charge in [0, 0.05) is 19.0 Å². The van der Waals surface area contributed by atoms with E-state index >= 15 is 0 Å². The molecule has 2 aliphatic heterocycles. The van der Waals surface area contributed by atoms with Gasteiger partial charge in [-0.05, 0) is 37.1 Å². The van der Waals surface area contributed by atoms with Crippen LogP contribution in [0.2, 0.25) is 0 Å². The molecule has 1 atom stereocenters. The Kier molecular flexibility index (Phi) is 6.73. The van der Waals surface area contributed by atoms with Crippen LogP contribution in [0.15, 0.2) is 39.9 Å². The average Bonchev–Trinajstić information content (AvgIpc) is 3.32. The Balaban J connectivity index is 1.45. The van der Waals surface area contributed by atoms with Crippen LogP contribution in [0.3, 0.4) is 0 Å². The average molecular weight is 441 g/mol. The van der Waals surface area contributed by atoms with Crippen LogP contribution in [0, 0.1) is 0 Å². The lowest BCUT2D eigenvalue weighted by Crippen LogP contribution is -2.36. The number of nitrogens with zero attached hydrogens (tertiary/aromatic N) is 1. The van der Waals surface area contributed by atoms with Gasteiger partial charge in [0.2, 0.25) is 5.91 Å². The number of hydrogen-bond donors (Lipinski definition) is 1. The number of amides is 2. The molecule has 150 valence electrons. The van der Waals surface area contributed by atoms with Gasteiger partial charge in [-0.1, -0.05) is 30.1 Å². The largest absolute Gasteiger partial charge is 0.465 e. The van der Waals surface area contributed by atoms with Crippen molar-refractivity contribution in [2.75, 3.05) is 18.1 Å². The van der Waals surface area contributed by atoms with Gasteiger partial charge in [0.15, 0.2) is 9.84 Å². The summed E-state index contributed by atoms with van der Waals surface area (Å²) in [5, 5.41) is 2.74. The molecular weight excluding hydrogens is 420 g/mol. The summed E-state index contributed by atoms with van der Waals surface area (Å²) in [6, 6.07) is 3.28. The third-order valence-corrected chi connectivity index (χ3v) is 7.47. The van der Waals surface area contributed by atoms with Crippen molar-refractivity contribution in [1.29, 1.82) is 0 Å². The fraction of sp³-hybridized carbons (Fsp3) is 0.389. The number of rotatable bonds is 7. The van der Waals surface area contributed by atoms with E-state index in [0.717, 1.165) is 0 Å². The van der Waals surface area contributed by atoms with Crippen LogP contribution in [0.5, 0.6) is 0 Å².